The standard InChI is InChI=1S/C27H26N6O4/c1-4-33-25(27(35)30-21-14-28-32(3)17(21)2)22(15-29-33)31-26(34)24-13-12-19(37-24)16-36-23-11-7-9-18-8-5-6-10-20(18)23/h5-15H,4,16H2,1-3H3,(H,30,35)(H,31,34). The summed E-state index contributed by atoms with van der Waals surface area (Å²) in [6.07, 6.45) is 3.02. The Hall–Kier alpha value is -4.86. The van der Waals surface area contributed by atoms with E-state index >= 15 is 0 Å². The zero-order valence-corrected chi connectivity index (χ0v) is 20.7. The Morgan fingerprint density at radius 3 is 2.49 bits per heavy atom. The van der Waals surface area contributed by atoms with Crippen LogP contribution in [0.3, 0.4) is 0 Å². The number of hydrogen-bond donors (Lipinski definition) is 2. The van der Waals surface area contributed by atoms with E-state index in [-0.39, 0.29) is 23.7 Å². The Balaban J connectivity index is 1.28. The second kappa shape index (κ2) is 10.0. The third-order valence-electron chi connectivity index (χ3n) is 6.09. The lowest BCUT2D eigenvalue weighted by Gasteiger charge is -2.09. The number of benzene rings is 2. The largest absolute Gasteiger partial charge is 0.485 e. The number of carbonyl (C=O) groups excluding carboxylic acids is 2. The van der Waals surface area contributed by atoms with Gasteiger partial charge in [-0.05, 0) is 37.4 Å². The Kier molecular flexibility index (Phi) is 6.46. The maximum absolute atomic E-state index is 13.1. The van der Waals surface area contributed by atoms with Crippen LogP contribution in [0.25, 0.3) is 10.8 Å². The van der Waals surface area contributed by atoms with Gasteiger partial charge in [-0.1, -0.05) is 36.4 Å². The lowest BCUT2D eigenvalue weighted by molar-refractivity contribution is 0.0992. The fraction of sp³-hybridized carbons (Fsp3) is 0.185. The molecule has 3 aromatic heterocycles. The van der Waals surface area contributed by atoms with Crippen LogP contribution in [0, 0.1) is 6.92 Å². The van der Waals surface area contributed by atoms with Gasteiger partial charge in [0.1, 0.15) is 23.8 Å². The summed E-state index contributed by atoms with van der Waals surface area (Å²) in [5.41, 5.74) is 1.88. The van der Waals surface area contributed by atoms with E-state index in [2.05, 4.69) is 20.8 Å². The first-order chi connectivity index (χ1) is 17.9. The number of nitrogens with zero attached hydrogens (tertiary/aromatic N) is 4. The van der Waals surface area contributed by atoms with Crippen LogP contribution in [-0.2, 0) is 20.2 Å². The second-order valence-corrected chi connectivity index (χ2v) is 8.43. The summed E-state index contributed by atoms with van der Waals surface area (Å²) in [5, 5.41) is 16.0. The van der Waals surface area contributed by atoms with Gasteiger partial charge in [0.25, 0.3) is 11.8 Å². The topological polar surface area (TPSA) is 116 Å². The minimum atomic E-state index is -0.501. The summed E-state index contributed by atoms with van der Waals surface area (Å²) in [5.74, 6) is 0.405. The average Bonchev–Trinajstić information content (AvgIpc) is 3.63. The molecular weight excluding hydrogens is 472 g/mol. The summed E-state index contributed by atoms with van der Waals surface area (Å²) < 4.78 is 14.9. The first kappa shape index (κ1) is 23.9. The van der Waals surface area contributed by atoms with Crippen LogP contribution in [0.5, 0.6) is 5.75 Å². The number of aromatic nitrogens is 4. The minimum absolute atomic E-state index is 0.0928. The van der Waals surface area contributed by atoms with Crippen LogP contribution >= 0.6 is 0 Å². The van der Waals surface area contributed by atoms with Crippen LogP contribution in [0.1, 0.15) is 39.4 Å². The van der Waals surface area contributed by atoms with Gasteiger partial charge in [0.15, 0.2) is 5.76 Å². The lowest BCUT2D eigenvalue weighted by atomic mass is 10.1. The normalized spacial score (nSPS) is 11.0. The van der Waals surface area contributed by atoms with Crippen molar-refractivity contribution >= 4 is 34.0 Å². The summed E-state index contributed by atoms with van der Waals surface area (Å²) in [6.45, 7) is 4.31. The van der Waals surface area contributed by atoms with Crippen molar-refractivity contribution < 1.29 is 18.7 Å². The first-order valence-electron chi connectivity index (χ1n) is 11.8. The maximum atomic E-state index is 13.1. The summed E-state index contributed by atoms with van der Waals surface area (Å²) >= 11 is 0. The number of fused-ring (bicyclic) bond motifs is 1. The monoisotopic (exact) mass is 498 g/mol. The average molecular weight is 499 g/mol. The van der Waals surface area contributed by atoms with Crippen molar-refractivity contribution in [1.82, 2.24) is 19.6 Å². The number of amides is 2. The van der Waals surface area contributed by atoms with E-state index in [9.17, 15) is 9.59 Å². The van der Waals surface area contributed by atoms with Crippen LogP contribution in [-0.4, -0.2) is 31.4 Å². The van der Waals surface area contributed by atoms with E-state index in [1.807, 2.05) is 56.3 Å². The number of hydrogen-bond acceptors (Lipinski definition) is 6. The van der Waals surface area contributed by atoms with Gasteiger partial charge in [0, 0.05) is 19.0 Å². The smallest absolute Gasteiger partial charge is 0.291 e. The second-order valence-electron chi connectivity index (χ2n) is 8.43. The van der Waals surface area contributed by atoms with Crippen molar-refractivity contribution in [3.63, 3.8) is 0 Å². The van der Waals surface area contributed by atoms with Crippen molar-refractivity contribution in [3.05, 3.63) is 89.9 Å². The molecule has 0 saturated heterocycles. The van der Waals surface area contributed by atoms with E-state index < -0.39 is 11.8 Å². The third kappa shape index (κ3) is 4.81. The number of nitrogens with one attached hydrogen (secondary N) is 2. The Morgan fingerprint density at radius 1 is 0.946 bits per heavy atom. The van der Waals surface area contributed by atoms with E-state index in [1.165, 1.54) is 10.9 Å². The van der Waals surface area contributed by atoms with Crippen LogP contribution < -0.4 is 15.4 Å². The highest BCUT2D eigenvalue weighted by molar-refractivity contribution is 6.11. The number of aryl methyl sites for hydroxylation is 2. The minimum Gasteiger partial charge on any atom is -0.485 e. The molecule has 0 atom stereocenters. The highest BCUT2D eigenvalue weighted by Crippen LogP contribution is 2.26. The lowest BCUT2D eigenvalue weighted by Crippen LogP contribution is -2.21. The zero-order chi connectivity index (χ0) is 25.9. The zero-order valence-electron chi connectivity index (χ0n) is 20.7. The molecule has 0 unspecified atom stereocenters. The van der Waals surface area contributed by atoms with Crippen molar-refractivity contribution in [2.24, 2.45) is 7.05 Å². The van der Waals surface area contributed by atoms with Gasteiger partial charge >= 0.3 is 0 Å². The first-order valence-corrected chi connectivity index (χ1v) is 11.8. The molecule has 37 heavy (non-hydrogen) atoms. The molecule has 0 aliphatic rings. The van der Waals surface area contributed by atoms with Crippen LogP contribution in [0.2, 0.25) is 0 Å². The predicted molar refractivity (Wildman–Crippen MR) is 139 cm³/mol. The maximum Gasteiger partial charge on any atom is 0.291 e. The number of anilines is 2. The van der Waals surface area contributed by atoms with E-state index in [1.54, 1.807) is 30.1 Å². The molecule has 10 nitrogen and oxygen atoms in total. The highest BCUT2D eigenvalue weighted by Gasteiger charge is 2.22. The molecule has 0 saturated carbocycles. The fourth-order valence-electron chi connectivity index (χ4n) is 3.99. The Morgan fingerprint density at radius 2 is 1.70 bits per heavy atom. The molecule has 2 amide bonds. The van der Waals surface area contributed by atoms with Crippen molar-refractivity contribution in [1.29, 1.82) is 0 Å². The number of ether oxygens (including phenoxy) is 1. The molecule has 0 fully saturated rings. The summed E-state index contributed by atoms with van der Waals surface area (Å²) in [4.78, 5) is 26.0. The van der Waals surface area contributed by atoms with Gasteiger partial charge < -0.3 is 19.8 Å². The third-order valence-corrected chi connectivity index (χ3v) is 6.09. The van der Waals surface area contributed by atoms with Gasteiger partial charge in [-0.3, -0.25) is 19.0 Å². The Bertz CT molecular complexity index is 1590. The van der Waals surface area contributed by atoms with Gasteiger partial charge in [0.05, 0.1) is 29.5 Å². The molecule has 5 aromatic rings. The molecule has 0 spiro atoms. The number of rotatable bonds is 8. The van der Waals surface area contributed by atoms with Gasteiger partial charge in [-0.15, -0.1) is 0 Å². The van der Waals surface area contributed by atoms with Crippen molar-refractivity contribution in [3.8, 4) is 5.75 Å². The van der Waals surface area contributed by atoms with E-state index in [4.69, 9.17) is 9.15 Å². The van der Waals surface area contributed by atoms with Crippen LogP contribution in [0.4, 0.5) is 11.4 Å². The quantitative estimate of drug-likeness (QED) is 0.318. The fourth-order valence-corrected chi connectivity index (χ4v) is 3.99. The van der Waals surface area contributed by atoms with Crippen molar-refractivity contribution in [2.45, 2.75) is 27.0 Å². The van der Waals surface area contributed by atoms with Crippen LogP contribution in [0.15, 0.2) is 71.4 Å². The molecular formula is C27H26N6O4. The molecule has 188 valence electrons. The molecule has 5 rings (SSSR count). The molecule has 0 bridgehead atoms. The van der Waals surface area contributed by atoms with Gasteiger partial charge in [-0.25, -0.2) is 0 Å². The summed E-state index contributed by atoms with van der Waals surface area (Å²) in [6, 6.07) is 17.0. The molecule has 0 aliphatic carbocycles. The highest BCUT2D eigenvalue weighted by atomic mass is 16.5. The Labute approximate surface area is 212 Å². The van der Waals surface area contributed by atoms with E-state index in [0.29, 0.717) is 18.0 Å². The molecule has 2 aromatic carbocycles. The molecule has 0 radical (unpaired) electrons. The molecule has 2 N–H and O–H groups in total. The summed E-state index contributed by atoms with van der Waals surface area (Å²) in [7, 11) is 1.79. The SMILES string of the molecule is CCn1ncc(NC(=O)c2ccc(COc3cccc4ccccc34)o2)c1C(=O)Nc1cnn(C)c1C. The van der Waals surface area contributed by atoms with Gasteiger partial charge in [0.2, 0.25) is 0 Å². The van der Waals surface area contributed by atoms with E-state index in [0.717, 1.165) is 22.2 Å². The number of carbonyl (C=O) groups is 2. The molecule has 10 heteroatoms. The molecule has 0 aliphatic heterocycles. The predicted octanol–water partition coefficient (Wildman–Crippen LogP) is 4.77. The molecule has 3 heterocycles. The van der Waals surface area contributed by atoms with Crippen molar-refractivity contribution in [2.75, 3.05) is 10.6 Å². The van der Waals surface area contributed by atoms with Gasteiger partial charge in [-0.2, -0.15) is 10.2 Å². The number of furan rings is 1.